The van der Waals surface area contributed by atoms with Gasteiger partial charge in [0, 0.05) is 31.1 Å². The molecule has 0 aliphatic heterocycles. The molecule has 1 aromatic carbocycles. The Morgan fingerprint density at radius 3 is 2.28 bits per heavy atom. The average molecular weight is 250 g/mol. The topological polar surface area (TPSA) is 41.6 Å². The van der Waals surface area contributed by atoms with Gasteiger partial charge in [0.25, 0.3) is 0 Å². The molecule has 4 nitrogen and oxygen atoms in total. The zero-order chi connectivity index (χ0) is 13.4. The van der Waals surface area contributed by atoms with Gasteiger partial charge >= 0.3 is 0 Å². The van der Waals surface area contributed by atoms with E-state index in [9.17, 15) is 4.79 Å². The van der Waals surface area contributed by atoms with Crippen LogP contribution < -0.4 is 10.2 Å². The van der Waals surface area contributed by atoms with Gasteiger partial charge in [0.05, 0.1) is 0 Å². The van der Waals surface area contributed by atoms with Crippen LogP contribution in [0.1, 0.15) is 20.8 Å². The summed E-state index contributed by atoms with van der Waals surface area (Å²) >= 11 is 0. The summed E-state index contributed by atoms with van der Waals surface area (Å²) in [5, 5.41) is 2.80. The molecular formula is C14H22N2O2. The average Bonchev–Trinajstić information content (AvgIpc) is 2.40. The second kappa shape index (κ2) is 7.71. The summed E-state index contributed by atoms with van der Waals surface area (Å²) in [6.45, 7) is 8.73. The minimum atomic E-state index is -0.118. The molecule has 4 heteroatoms. The van der Waals surface area contributed by atoms with E-state index < -0.39 is 0 Å². The predicted octanol–water partition coefficient (Wildman–Crippen LogP) is 2.51. The van der Waals surface area contributed by atoms with Crippen LogP contribution in [0, 0.1) is 0 Å². The Morgan fingerprint density at radius 1 is 1.17 bits per heavy atom. The fourth-order valence-electron chi connectivity index (χ4n) is 1.74. The van der Waals surface area contributed by atoms with Crippen molar-refractivity contribution in [3.05, 3.63) is 24.3 Å². The number of amides is 1. The van der Waals surface area contributed by atoms with E-state index in [1.54, 1.807) is 0 Å². The minimum absolute atomic E-state index is 0.105. The molecule has 1 amide bonds. The van der Waals surface area contributed by atoms with Gasteiger partial charge in [0.15, 0.2) is 0 Å². The van der Waals surface area contributed by atoms with Crippen molar-refractivity contribution in [3.8, 4) is 0 Å². The molecule has 0 heterocycles. The van der Waals surface area contributed by atoms with Crippen molar-refractivity contribution in [2.75, 3.05) is 36.5 Å². The normalized spacial score (nSPS) is 10.2. The summed E-state index contributed by atoms with van der Waals surface area (Å²) in [5.41, 5.74) is 1.97. The van der Waals surface area contributed by atoms with Crippen LogP contribution in [0.5, 0.6) is 0 Å². The molecule has 0 spiro atoms. The van der Waals surface area contributed by atoms with E-state index in [-0.39, 0.29) is 12.5 Å². The van der Waals surface area contributed by atoms with Crippen LogP contribution in [0.25, 0.3) is 0 Å². The molecule has 100 valence electrons. The van der Waals surface area contributed by atoms with Gasteiger partial charge in [-0.15, -0.1) is 0 Å². The molecule has 18 heavy (non-hydrogen) atoms. The van der Waals surface area contributed by atoms with Gasteiger partial charge in [-0.3, -0.25) is 4.79 Å². The molecule has 1 aromatic rings. The Hall–Kier alpha value is -1.55. The van der Waals surface area contributed by atoms with Gasteiger partial charge in [-0.25, -0.2) is 0 Å². The first kappa shape index (κ1) is 14.5. The van der Waals surface area contributed by atoms with Crippen LogP contribution in [-0.2, 0) is 9.53 Å². The number of benzene rings is 1. The maximum atomic E-state index is 11.5. The predicted molar refractivity (Wildman–Crippen MR) is 75.1 cm³/mol. The van der Waals surface area contributed by atoms with Crippen molar-refractivity contribution in [2.45, 2.75) is 20.8 Å². The van der Waals surface area contributed by atoms with Crippen LogP contribution in [0.3, 0.4) is 0 Å². The summed E-state index contributed by atoms with van der Waals surface area (Å²) < 4.78 is 5.04. The van der Waals surface area contributed by atoms with Crippen molar-refractivity contribution in [3.63, 3.8) is 0 Å². The number of ether oxygens (including phenoxy) is 1. The molecule has 0 saturated heterocycles. The molecule has 0 bridgehead atoms. The lowest BCUT2D eigenvalue weighted by atomic mass is 10.2. The first-order valence-electron chi connectivity index (χ1n) is 6.43. The Kier molecular flexibility index (Phi) is 6.22. The monoisotopic (exact) mass is 250 g/mol. The standard InChI is InChI=1S/C14H22N2O2/c1-4-16(5-2)13-9-7-12(8-10-13)15-14(17)11-18-6-3/h7-10H,4-6,11H2,1-3H3,(H,15,17). The highest BCUT2D eigenvalue weighted by Gasteiger charge is 2.04. The van der Waals surface area contributed by atoms with Crippen molar-refractivity contribution in [1.29, 1.82) is 0 Å². The van der Waals surface area contributed by atoms with Crippen molar-refractivity contribution >= 4 is 17.3 Å². The first-order chi connectivity index (χ1) is 8.71. The quantitative estimate of drug-likeness (QED) is 0.808. The zero-order valence-electron chi connectivity index (χ0n) is 11.4. The van der Waals surface area contributed by atoms with Crippen LogP contribution >= 0.6 is 0 Å². The summed E-state index contributed by atoms with van der Waals surface area (Å²) in [6.07, 6.45) is 0. The third kappa shape index (κ3) is 4.37. The van der Waals surface area contributed by atoms with Gasteiger partial charge in [-0.1, -0.05) is 0 Å². The SMILES string of the molecule is CCOCC(=O)Nc1ccc(N(CC)CC)cc1. The Bertz CT molecular complexity index is 359. The molecule has 1 N–H and O–H groups in total. The number of nitrogens with one attached hydrogen (secondary N) is 1. The molecule has 0 aliphatic carbocycles. The van der Waals surface area contributed by atoms with Crippen molar-refractivity contribution in [2.24, 2.45) is 0 Å². The number of hydrogen-bond acceptors (Lipinski definition) is 3. The number of rotatable bonds is 7. The van der Waals surface area contributed by atoms with Crippen LogP contribution in [0.15, 0.2) is 24.3 Å². The van der Waals surface area contributed by atoms with Crippen LogP contribution in [-0.4, -0.2) is 32.2 Å². The highest BCUT2D eigenvalue weighted by molar-refractivity contribution is 5.91. The van der Waals surface area contributed by atoms with E-state index in [4.69, 9.17) is 4.74 Å². The number of carbonyl (C=O) groups excluding carboxylic acids is 1. The first-order valence-corrected chi connectivity index (χ1v) is 6.43. The van der Waals surface area contributed by atoms with Crippen LogP contribution in [0.2, 0.25) is 0 Å². The fraction of sp³-hybridized carbons (Fsp3) is 0.500. The number of anilines is 2. The van der Waals surface area contributed by atoms with E-state index in [0.29, 0.717) is 6.61 Å². The smallest absolute Gasteiger partial charge is 0.250 e. The molecule has 0 unspecified atom stereocenters. The molecule has 0 aliphatic rings. The van der Waals surface area contributed by atoms with Gasteiger partial charge in [0.1, 0.15) is 6.61 Å². The molecule has 0 fully saturated rings. The lowest BCUT2D eigenvalue weighted by molar-refractivity contribution is -0.120. The minimum Gasteiger partial charge on any atom is -0.372 e. The lowest BCUT2D eigenvalue weighted by Gasteiger charge is -2.21. The number of hydrogen-bond donors (Lipinski definition) is 1. The maximum absolute atomic E-state index is 11.5. The fourth-order valence-corrected chi connectivity index (χ4v) is 1.74. The highest BCUT2D eigenvalue weighted by atomic mass is 16.5. The summed E-state index contributed by atoms with van der Waals surface area (Å²) in [5.74, 6) is -0.118. The Morgan fingerprint density at radius 2 is 1.78 bits per heavy atom. The largest absolute Gasteiger partial charge is 0.372 e. The van der Waals surface area contributed by atoms with E-state index in [1.165, 1.54) is 5.69 Å². The lowest BCUT2D eigenvalue weighted by Crippen LogP contribution is -2.22. The molecule has 1 rings (SSSR count). The Labute approximate surface area is 109 Å². The van der Waals surface area contributed by atoms with E-state index in [0.717, 1.165) is 18.8 Å². The summed E-state index contributed by atoms with van der Waals surface area (Å²) in [7, 11) is 0. The number of nitrogens with zero attached hydrogens (tertiary/aromatic N) is 1. The highest BCUT2D eigenvalue weighted by Crippen LogP contribution is 2.17. The Balaban J connectivity index is 2.57. The zero-order valence-corrected chi connectivity index (χ0v) is 11.4. The maximum Gasteiger partial charge on any atom is 0.250 e. The second-order valence-corrected chi connectivity index (χ2v) is 3.90. The third-order valence-corrected chi connectivity index (χ3v) is 2.72. The molecule has 0 aromatic heterocycles. The van der Waals surface area contributed by atoms with Crippen LogP contribution in [0.4, 0.5) is 11.4 Å². The van der Waals surface area contributed by atoms with Gasteiger partial charge in [-0.2, -0.15) is 0 Å². The second-order valence-electron chi connectivity index (χ2n) is 3.90. The molecule has 0 saturated carbocycles. The molecule has 0 atom stereocenters. The van der Waals surface area contributed by atoms with E-state index >= 15 is 0 Å². The molecule has 0 radical (unpaired) electrons. The molecular weight excluding hydrogens is 228 g/mol. The number of carbonyl (C=O) groups is 1. The third-order valence-electron chi connectivity index (χ3n) is 2.72. The summed E-state index contributed by atoms with van der Waals surface area (Å²) in [6, 6.07) is 7.86. The summed E-state index contributed by atoms with van der Waals surface area (Å²) in [4.78, 5) is 13.7. The van der Waals surface area contributed by atoms with Crippen molar-refractivity contribution in [1.82, 2.24) is 0 Å². The van der Waals surface area contributed by atoms with Gasteiger partial charge in [-0.05, 0) is 45.0 Å². The van der Waals surface area contributed by atoms with Gasteiger partial charge in [0.2, 0.25) is 5.91 Å². The van der Waals surface area contributed by atoms with E-state index in [1.807, 2.05) is 31.2 Å². The van der Waals surface area contributed by atoms with E-state index in [2.05, 4.69) is 24.1 Å². The van der Waals surface area contributed by atoms with Gasteiger partial charge < -0.3 is 15.0 Å². The van der Waals surface area contributed by atoms with Crippen molar-refractivity contribution < 1.29 is 9.53 Å².